The molecule has 5 aromatic carbocycles. The molecule has 58 heavy (non-hydrogen) atoms. The summed E-state index contributed by atoms with van der Waals surface area (Å²) in [7, 11) is 1.54. The summed E-state index contributed by atoms with van der Waals surface area (Å²) < 4.78 is 5.47. The van der Waals surface area contributed by atoms with E-state index < -0.39 is 52.7 Å². The molecule has 5 aromatic rings. The maximum Gasteiger partial charge on any atom is 0.260 e. The molecule has 3 fully saturated rings. The minimum atomic E-state index is -1.53. The largest absolute Gasteiger partial charge is 0.508 e. The second-order valence-corrected chi connectivity index (χ2v) is 15.9. The highest BCUT2D eigenvalue weighted by Crippen LogP contribution is 2.64. The number of nitrogens with one attached hydrogen (secondary N) is 1. The van der Waals surface area contributed by atoms with Crippen molar-refractivity contribution in [2.75, 3.05) is 17.4 Å². The molecule has 0 aromatic heterocycles. The molecule has 2 aliphatic carbocycles. The Morgan fingerprint density at radius 3 is 2.16 bits per heavy atom. The minimum absolute atomic E-state index is 0.0158. The Balaban J connectivity index is 1.15. The molecule has 0 radical (unpaired) electrons. The Morgan fingerprint density at radius 2 is 1.48 bits per heavy atom. The lowest BCUT2D eigenvalue weighted by Crippen LogP contribution is -2.53. The van der Waals surface area contributed by atoms with Crippen LogP contribution in [0.5, 0.6) is 11.5 Å². The van der Waals surface area contributed by atoms with Crippen LogP contribution >= 0.6 is 23.2 Å². The molecule has 12 heteroatoms. The lowest BCUT2D eigenvalue weighted by Gasteiger charge is -2.50. The molecule has 2 saturated heterocycles. The van der Waals surface area contributed by atoms with Crippen molar-refractivity contribution in [3.05, 3.63) is 165 Å². The molecule has 0 bridgehead atoms. The van der Waals surface area contributed by atoms with E-state index in [1.165, 1.54) is 30.2 Å². The zero-order valence-electron chi connectivity index (χ0n) is 31.0. The number of aromatic hydroxyl groups is 1. The van der Waals surface area contributed by atoms with Gasteiger partial charge in [0, 0.05) is 22.1 Å². The van der Waals surface area contributed by atoms with Crippen molar-refractivity contribution in [1.82, 2.24) is 5.01 Å². The fourth-order valence-electron chi connectivity index (χ4n) is 9.66. The number of phenolic OH excluding ortho intramolecular Hbond substituents is 1. The van der Waals surface area contributed by atoms with Crippen molar-refractivity contribution in [1.29, 1.82) is 0 Å². The maximum atomic E-state index is 15.4. The minimum Gasteiger partial charge on any atom is -0.508 e. The number of rotatable bonds is 8. The van der Waals surface area contributed by atoms with Crippen LogP contribution in [0.25, 0.3) is 0 Å². The highest BCUT2D eigenvalue weighted by molar-refractivity contribution is 6.36. The molecule has 9 rings (SSSR count). The molecule has 4 amide bonds. The van der Waals surface area contributed by atoms with Gasteiger partial charge in [-0.3, -0.25) is 34.3 Å². The number of halogens is 2. The zero-order chi connectivity index (χ0) is 40.5. The monoisotopic (exact) mass is 811 g/mol. The lowest BCUT2D eigenvalue weighted by molar-refractivity contribution is -0.138. The van der Waals surface area contributed by atoms with Crippen molar-refractivity contribution in [2.24, 2.45) is 23.7 Å². The molecule has 2 aliphatic heterocycles. The van der Waals surface area contributed by atoms with E-state index in [0.29, 0.717) is 38.7 Å². The summed E-state index contributed by atoms with van der Waals surface area (Å²) in [5.74, 6) is -5.40. The predicted octanol–water partition coefficient (Wildman–Crippen LogP) is 8.13. The number of fused-ring (bicyclic) bond motifs is 4. The number of ketones is 1. The molecule has 2 heterocycles. The quantitative estimate of drug-likeness (QED) is 0.0913. The molecular formula is C46H35Cl2N3O7. The van der Waals surface area contributed by atoms with Crippen LogP contribution in [0.1, 0.15) is 45.8 Å². The first-order valence-electron chi connectivity index (χ1n) is 18.8. The van der Waals surface area contributed by atoms with E-state index in [0.717, 1.165) is 10.6 Å². The molecular weight excluding hydrogens is 777 g/mol. The summed E-state index contributed by atoms with van der Waals surface area (Å²) in [6.07, 6.45) is 2.28. The van der Waals surface area contributed by atoms with Gasteiger partial charge in [0.25, 0.3) is 11.8 Å². The van der Waals surface area contributed by atoms with Crippen LogP contribution < -0.4 is 15.1 Å². The number of hydrogen-bond donors (Lipinski definition) is 2. The number of imide groups is 2. The van der Waals surface area contributed by atoms with E-state index in [4.69, 9.17) is 27.9 Å². The second-order valence-electron chi connectivity index (χ2n) is 15.1. The Labute approximate surface area is 343 Å². The molecule has 0 spiro atoms. The zero-order valence-corrected chi connectivity index (χ0v) is 32.5. The standard InChI is InChI=1S/C46H35Cl2N3O7/c1-58-32-18-11-28(12-19-32)46-36(43(55)51(45(46)57)49-38-22-13-29(47)23-37(38)48)24-35-33(40(46)25-9-16-31(52)17-10-25)20-21-34-39(35)44(56)50(42(34)54)30-14-7-27(8-15-30)41(53)26-5-3-2-4-6-26/h2-20,22-23,34-36,39-40,49,52H,21,24H2,1H3/t34-,35+,36-,39-,40-,46+/m0/s1. The lowest BCUT2D eigenvalue weighted by atomic mass is 9.49. The molecule has 4 aliphatic rings. The van der Waals surface area contributed by atoms with Crippen molar-refractivity contribution in [3.8, 4) is 11.5 Å². The fraction of sp³-hybridized carbons (Fsp3) is 0.196. The first kappa shape index (κ1) is 37.4. The summed E-state index contributed by atoms with van der Waals surface area (Å²) in [5.41, 5.74) is 4.99. The van der Waals surface area contributed by atoms with Gasteiger partial charge in [-0.15, -0.1) is 0 Å². The summed E-state index contributed by atoms with van der Waals surface area (Å²) >= 11 is 12.7. The van der Waals surface area contributed by atoms with E-state index in [2.05, 4.69) is 5.43 Å². The molecule has 6 atom stereocenters. The number of hydrogen-bond acceptors (Lipinski definition) is 8. The van der Waals surface area contributed by atoms with Crippen LogP contribution in [0.4, 0.5) is 11.4 Å². The number of anilines is 2. The van der Waals surface area contributed by atoms with Gasteiger partial charge in [0.1, 0.15) is 11.5 Å². The molecule has 10 nitrogen and oxygen atoms in total. The topological polar surface area (TPSA) is 133 Å². The summed E-state index contributed by atoms with van der Waals surface area (Å²) in [6, 6.07) is 33.5. The van der Waals surface area contributed by atoms with Crippen molar-refractivity contribution in [2.45, 2.75) is 24.2 Å². The Hall–Kier alpha value is -6.23. The average molecular weight is 813 g/mol. The summed E-state index contributed by atoms with van der Waals surface area (Å²) in [6.45, 7) is 0. The third kappa shape index (κ3) is 5.73. The van der Waals surface area contributed by atoms with Gasteiger partial charge in [-0.25, -0.2) is 0 Å². The van der Waals surface area contributed by atoms with Crippen LogP contribution in [-0.4, -0.2) is 46.6 Å². The van der Waals surface area contributed by atoms with Crippen LogP contribution in [0, 0.1) is 23.7 Å². The number of carbonyl (C=O) groups excluding carboxylic acids is 5. The third-order valence-corrected chi connectivity index (χ3v) is 12.8. The normalized spacial score (nSPS) is 24.9. The van der Waals surface area contributed by atoms with Crippen LogP contribution in [0.2, 0.25) is 10.0 Å². The second kappa shape index (κ2) is 14.3. The Kier molecular flexibility index (Phi) is 9.21. The predicted molar refractivity (Wildman–Crippen MR) is 218 cm³/mol. The summed E-state index contributed by atoms with van der Waals surface area (Å²) in [4.78, 5) is 73.7. The highest BCUT2D eigenvalue weighted by Gasteiger charge is 2.70. The highest BCUT2D eigenvalue weighted by atomic mass is 35.5. The van der Waals surface area contributed by atoms with Crippen molar-refractivity contribution >= 4 is 64.0 Å². The number of nitrogens with zero attached hydrogens (tertiary/aromatic N) is 2. The van der Waals surface area contributed by atoms with E-state index in [-0.39, 0.29) is 41.0 Å². The van der Waals surface area contributed by atoms with Crippen LogP contribution in [-0.2, 0) is 24.6 Å². The van der Waals surface area contributed by atoms with Gasteiger partial charge in [0.2, 0.25) is 11.8 Å². The first-order valence-corrected chi connectivity index (χ1v) is 19.6. The molecule has 290 valence electrons. The van der Waals surface area contributed by atoms with Gasteiger partial charge in [0.05, 0.1) is 46.7 Å². The van der Waals surface area contributed by atoms with E-state index >= 15 is 4.79 Å². The maximum absolute atomic E-state index is 15.4. The first-order chi connectivity index (χ1) is 28.0. The van der Waals surface area contributed by atoms with Gasteiger partial charge in [0.15, 0.2) is 5.78 Å². The van der Waals surface area contributed by atoms with Gasteiger partial charge < -0.3 is 9.84 Å². The third-order valence-electron chi connectivity index (χ3n) is 12.2. The SMILES string of the molecule is COc1ccc([C@@]23C(=O)N(Nc4ccc(Cl)cc4Cl)C(=O)[C@@H]2C[C@@H]2C(=CC[C@@H]4C(=O)N(c5ccc(C(=O)c6ccccc6)cc5)C(=O)[C@@H]42)[C@@H]3c2ccc(O)cc2)cc1. The average Bonchev–Trinajstić information content (AvgIpc) is 3.62. The number of amides is 4. The van der Waals surface area contributed by atoms with Crippen LogP contribution in [0.15, 0.2) is 133 Å². The van der Waals surface area contributed by atoms with Gasteiger partial charge in [-0.2, -0.15) is 5.01 Å². The fourth-order valence-corrected chi connectivity index (χ4v) is 10.1. The Morgan fingerprint density at radius 1 is 0.793 bits per heavy atom. The molecule has 2 N–H and O–H groups in total. The van der Waals surface area contributed by atoms with E-state index in [9.17, 15) is 24.3 Å². The van der Waals surface area contributed by atoms with E-state index in [1.807, 2.05) is 12.1 Å². The number of allylic oxidation sites excluding steroid dienone is 2. The van der Waals surface area contributed by atoms with Crippen LogP contribution in [0.3, 0.4) is 0 Å². The number of ether oxygens (including phenoxy) is 1. The van der Waals surface area contributed by atoms with Crippen molar-refractivity contribution in [3.63, 3.8) is 0 Å². The number of methoxy groups -OCH3 is 1. The number of benzene rings is 5. The summed E-state index contributed by atoms with van der Waals surface area (Å²) in [5, 5.41) is 12.0. The molecule has 1 saturated carbocycles. The number of phenols is 1. The number of carbonyl (C=O) groups is 5. The molecule has 0 unspecified atom stereocenters. The smallest absolute Gasteiger partial charge is 0.260 e. The Bertz CT molecular complexity index is 2540. The van der Waals surface area contributed by atoms with Gasteiger partial charge >= 0.3 is 0 Å². The van der Waals surface area contributed by atoms with Gasteiger partial charge in [-0.05, 0) is 96.6 Å². The van der Waals surface area contributed by atoms with Crippen molar-refractivity contribution < 1.29 is 33.8 Å². The van der Waals surface area contributed by atoms with Gasteiger partial charge in [-0.1, -0.05) is 89.4 Å². The van der Waals surface area contributed by atoms with E-state index in [1.54, 1.807) is 97.1 Å². The number of hydrazine groups is 1.